The predicted octanol–water partition coefficient (Wildman–Crippen LogP) is 4.58. The molecule has 4 heteroatoms. The van der Waals surface area contributed by atoms with E-state index in [9.17, 15) is 5.11 Å². The summed E-state index contributed by atoms with van der Waals surface area (Å²) in [4.78, 5) is 4.70. The average Bonchev–Trinajstić information content (AvgIpc) is 2.77. The second-order valence-corrected chi connectivity index (χ2v) is 5.65. The summed E-state index contributed by atoms with van der Waals surface area (Å²) in [5, 5.41) is 10.1. The van der Waals surface area contributed by atoms with Crippen molar-refractivity contribution in [3.8, 4) is 17.1 Å². The fourth-order valence-corrected chi connectivity index (χ4v) is 2.77. The third-order valence-electron chi connectivity index (χ3n) is 3.30. The number of para-hydroxylation sites is 1. The minimum atomic E-state index is 0.263. The highest BCUT2D eigenvalue weighted by Crippen LogP contribution is 2.32. The molecule has 0 fully saturated rings. The van der Waals surface area contributed by atoms with E-state index in [1.807, 2.05) is 30.3 Å². The molecule has 0 amide bonds. The fraction of sp³-hybridized carbons (Fsp3) is 0.188. The van der Waals surface area contributed by atoms with Crippen LogP contribution in [0.4, 0.5) is 0 Å². The lowest BCUT2D eigenvalue weighted by atomic mass is 10.2. The minimum absolute atomic E-state index is 0.263. The van der Waals surface area contributed by atoms with E-state index in [0.717, 1.165) is 39.9 Å². The van der Waals surface area contributed by atoms with Crippen molar-refractivity contribution in [1.82, 2.24) is 9.55 Å². The molecule has 3 aromatic rings. The number of phenolic OH excluding ortho intramolecular Hbond substituents is 1. The monoisotopic (exact) mass is 330 g/mol. The Balaban J connectivity index is 2.29. The summed E-state index contributed by atoms with van der Waals surface area (Å²) in [5.41, 5.74) is 2.80. The van der Waals surface area contributed by atoms with Crippen LogP contribution in [-0.4, -0.2) is 14.7 Å². The Labute approximate surface area is 126 Å². The van der Waals surface area contributed by atoms with Gasteiger partial charge in [0.2, 0.25) is 0 Å². The summed E-state index contributed by atoms with van der Waals surface area (Å²) in [6.07, 6.45) is 1.02. The molecule has 0 unspecified atom stereocenters. The molecule has 0 aliphatic carbocycles. The molecule has 1 N–H and O–H groups in total. The number of aromatic nitrogens is 2. The Bertz CT molecular complexity index is 764. The van der Waals surface area contributed by atoms with Crippen molar-refractivity contribution in [3.05, 3.63) is 46.9 Å². The van der Waals surface area contributed by atoms with Crippen LogP contribution in [0.25, 0.3) is 22.4 Å². The lowest BCUT2D eigenvalue weighted by Gasteiger charge is -2.08. The van der Waals surface area contributed by atoms with Crippen LogP contribution < -0.4 is 0 Å². The number of nitrogens with zero attached hydrogens (tertiary/aromatic N) is 2. The van der Waals surface area contributed by atoms with Gasteiger partial charge in [-0.15, -0.1) is 0 Å². The molecule has 1 heterocycles. The van der Waals surface area contributed by atoms with Crippen molar-refractivity contribution < 1.29 is 5.11 Å². The van der Waals surface area contributed by atoms with Gasteiger partial charge < -0.3 is 9.67 Å². The van der Waals surface area contributed by atoms with E-state index in [1.54, 1.807) is 6.07 Å². The molecule has 0 saturated heterocycles. The van der Waals surface area contributed by atoms with Crippen molar-refractivity contribution in [3.63, 3.8) is 0 Å². The molecule has 0 aliphatic heterocycles. The van der Waals surface area contributed by atoms with Gasteiger partial charge >= 0.3 is 0 Å². The lowest BCUT2D eigenvalue weighted by molar-refractivity contribution is 0.476. The van der Waals surface area contributed by atoms with Gasteiger partial charge in [-0.2, -0.15) is 0 Å². The SMILES string of the molecule is CCCn1c(-c2ccccc2O)nc2cc(Br)ccc21. The van der Waals surface area contributed by atoms with Crippen LogP contribution in [0.5, 0.6) is 5.75 Å². The highest BCUT2D eigenvalue weighted by Gasteiger charge is 2.14. The van der Waals surface area contributed by atoms with E-state index in [-0.39, 0.29) is 5.75 Å². The quantitative estimate of drug-likeness (QED) is 0.763. The van der Waals surface area contributed by atoms with Gasteiger partial charge in [0.1, 0.15) is 11.6 Å². The van der Waals surface area contributed by atoms with Crippen LogP contribution in [0, 0.1) is 0 Å². The first-order chi connectivity index (χ1) is 9.70. The molecule has 102 valence electrons. The molecule has 0 aliphatic rings. The lowest BCUT2D eigenvalue weighted by Crippen LogP contribution is -1.99. The normalized spacial score (nSPS) is 11.1. The molecule has 1 aromatic heterocycles. The van der Waals surface area contributed by atoms with E-state index in [4.69, 9.17) is 4.98 Å². The molecular weight excluding hydrogens is 316 g/mol. The van der Waals surface area contributed by atoms with Gasteiger partial charge in [0.15, 0.2) is 0 Å². The zero-order valence-corrected chi connectivity index (χ0v) is 12.8. The van der Waals surface area contributed by atoms with Gasteiger partial charge in [0.25, 0.3) is 0 Å². The Morgan fingerprint density at radius 3 is 2.75 bits per heavy atom. The summed E-state index contributed by atoms with van der Waals surface area (Å²) in [5.74, 6) is 1.08. The van der Waals surface area contributed by atoms with Gasteiger partial charge in [-0.3, -0.25) is 0 Å². The van der Waals surface area contributed by atoms with E-state index in [0.29, 0.717) is 0 Å². The minimum Gasteiger partial charge on any atom is -0.507 e. The van der Waals surface area contributed by atoms with E-state index >= 15 is 0 Å². The average molecular weight is 331 g/mol. The summed E-state index contributed by atoms with van der Waals surface area (Å²) < 4.78 is 3.17. The van der Waals surface area contributed by atoms with Gasteiger partial charge in [-0.05, 0) is 36.8 Å². The van der Waals surface area contributed by atoms with Gasteiger partial charge in [-0.25, -0.2) is 4.98 Å². The van der Waals surface area contributed by atoms with Crippen LogP contribution in [0.2, 0.25) is 0 Å². The van der Waals surface area contributed by atoms with E-state index in [1.165, 1.54) is 0 Å². The molecule has 3 rings (SSSR count). The molecule has 3 nitrogen and oxygen atoms in total. The number of hydrogen-bond acceptors (Lipinski definition) is 2. The molecule has 20 heavy (non-hydrogen) atoms. The van der Waals surface area contributed by atoms with Crippen molar-refractivity contribution in [2.45, 2.75) is 19.9 Å². The number of aryl methyl sites for hydroxylation is 1. The highest BCUT2D eigenvalue weighted by atomic mass is 79.9. The smallest absolute Gasteiger partial charge is 0.144 e. The number of hydrogen-bond donors (Lipinski definition) is 1. The molecular formula is C16H15BrN2O. The largest absolute Gasteiger partial charge is 0.507 e. The third-order valence-corrected chi connectivity index (χ3v) is 3.80. The highest BCUT2D eigenvalue weighted by molar-refractivity contribution is 9.10. The molecule has 0 radical (unpaired) electrons. The van der Waals surface area contributed by atoms with Crippen LogP contribution in [0.3, 0.4) is 0 Å². The number of fused-ring (bicyclic) bond motifs is 1. The number of rotatable bonds is 3. The first kappa shape index (κ1) is 13.2. The zero-order valence-electron chi connectivity index (χ0n) is 11.2. The molecule has 0 bridgehead atoms. The Morgan fingerprint density at radius 1 is 1.20 bits per heavy atom. The number of imidazole rings is 1. The van der Waals surface area contributed by atoms with E-state index < -0.39 is 0 Å². The van der Waals surface area contributed by atoms with Crippen molar-refractivity contribution in [2.24, 2.45) is 0 Å². The number of benzene rings is 2. The second-order valence-electron chi connectivity index (χ2n) is 4.74. The van der Waals surface area contributed by atoms with Crippen LogP contribution in [-0.2, 0) is 6.54 Å². The summed E-state index contributed by atoms with van der Waals surface area (Å²) in [7, 11) is 0. The number of halogens is 1. The molecule has 2 aromatic carbocycles. The van der Waals surface area contributed by atoms with Gasteiger partial charge in [0.05, 0.1) is 16.6 Å². The topological polar surface area (TPSA) is 38.0 Å². The second kappa shape index (κ2) is 5.29. The molecule has 0 atom stereocenters. The summed E-state index contributed by atoms with van der Waals surface area (Å²) >= 11 is 3.48. The van der Waals surface area contributed by atoms with Crippen molar-refractivity contribution >= 4 is 27.0 Å². The fourth-order valence-electron chi connectivity index (χ4n) is 2.42. The van der Waals surface area contributed by atoms with Crippen LogP contribution in [0.15, 0.2) is 46.9 Å². The van der Waals surface area contributed by atoms with Crippen LogP contribution in [0.1, 0.15) is 13.3 Å². The Kier molecular flexibility index (Phi) is 3.49. The zero-order chi connectivity index (χ0) is 14.1. The number of phenols is 1. The predicted molar refractivity (Wildman–Crippen MR) is 84.8 cm³/mol. The standard InChI is InChI=1S/C16H15BrN2O/c1-2-9-19-14-8-7-11(17)10-13(14)18-16(19)12-5-3-4-6-15(12)20/h3-8,10,20H,2,9H2,1H3. The van der Waals surface area contributed by atoms with Crippen molar-refractivity contribution in [2.75, 3.05) is 0 Å². The van der Waals surface area contributed by atoms with Gasteiger partial charge in [0, 0.05) is 11.0 Å². The number of aromatic hydroxyl groups is 1. The maximum Gasteiger partial charge on any atom is 0.144 e. The molecule has 0 spiro atoms. The van der Waals surface area contributed by atoms with E-state index in [2.05, 4.69) is 33.5 Å². The third kappa shape index (κ3) is 2.20. The summed E-state index contributed by atoms with van der Waals surface area (Å²) in [6.45, 7) is 3.02. The van der Waals surface area contributed by atoms with Crippen LogP contribution >= 0.6 is 15.9 Å². The molecule has 0 saturated carbocycles. The summed E-state index contributed by atoms with van der Waals surface area (Å²) in [6, 6.07) is 13.4. The van der Waals surface area contributed by atoms with Gasteiger partial charge in [-0.1, -0.05) is 35.0 Å². The Morgan fingerprint density at radius 2 is 2.00 bits per heavy atom. The van der Waals surface area contributed by atoms with Crippen molar-refractivity contribution in [1.29, 1.82) is 0 Å². The first-order valence-corrected chi connectivity index (χ1v) is 7.44. The Hall–Kier alpha value is -1.81. The maximum atomic E-state index is 10.1. The first-order valence-electron chi connectivity index (χ1n) is 6.65. The maximum absolute atomic E-state index is 10.1.